The van der Waals surface area contributed by atoms with Gasteiger partial charge in [0, 0.05) is 0 Å². The van der Waals surface area contributed by atoms with Gasteiger partial charge in [-0.3, -0.25) is 0 Å². The monoisotopic (exact) mass is 407 g/mol. The van der Waals surface area contributed by atoms with Crippen molar-refractivity contribution in [3.63, 3.8) is 0 Å². The molecule has 0 spiro atoms. The smallest absolute Gasteiger partial charge is 0.129 e. The molecule has 150 valence electrons. The Morgan fingerprint density at radius 3 is 2.00 bits per heavy atom. The van der Waals surface area contributed by atoms with Crippen LogP contribution in [-0.2, 0) is 10.1 Å². The molecule has 0 aromatic heterocycles. The predicted molar refractivity (Wildman–Crippen MR) is 117 cm³/mol. The van der Waals surface area contributed by atoms with E-state index in [0.29, 0.717) is 0 Å². The molecular formula is C24H25NO3S. The van der Waals surface area contributed by atoms with Crippen molar-refractivity contribution >= 4 is 21.9 Å². The second-order valence-corrected chi connectivity index (χ2v) is 7.70. The van der Waals surface area contributed by atoms with E-state index in [1.807, 2.05) is 31.2 Å². The van der Waals surface area contributed by atoms with E-state index in [0.717, 1.165) is 12.1 Å². The van der Waals surface area contributed by atoms with E-state index in [1.54, 1.807) is 12.1 Å². The fourth-order valence-electron chi connectivity index (χ4n) is 2.39. The lowest BCUT2D eigenvalue weighted by Gasteiger charge is -2.05. The Morgan fingerprint density at radius 2 is 1.41 bits per heavy atom. The molecule has 0 aliphatic carbocycles. The van der Waals surface area contributed by atoms with Gasteiger partial charge in [-0.2, -0.15) is 0 Å². The summed E-state index contributed by atoms with van der Waals surface area (Å²) in [6.45, 7) is 2.78. The zero-order valence-corrected chi connectivity index (χ0v) is 17.1. The molecule has 3 aromatic rings. The van der Waals surface area contributed by atoms with Crippen LogP contribution in [0.1, 0.15) is 11.1 Å². The van der Waals surface area contributed by atoms with Crippen molar-refractivity contribution in [3.8, 4) is 0 Å². The van der Waals surface area contributed by atoms with Crippen LogP contribution in [0.3, 0.4) is 0 Å². The number of allylic oxidation sites excluding steroid dienone is 2. The molecule has 0 amide bonds. The quantitative estimate of drug-likeness (QED) is 0.381. The van der Waals surface area contributed by atoms with Crippen LogP contribution < -0.4 is 5.32 Å². The zero-order valence-electron chi connectivity index (χ0n) is 16.3. The predicted octanol–water partition coefficient (Wildman–Crippen LogP) is 4.05. The largest absolute Gasteiger partial charge is 0.744 e. The first kappa shape index (κ1) is 22.3. The highest BCUT2D eigenvalue weighted by Crippen LogP contribution is 2.08. The summed E-state index contributed by atoms with van der Waals surface area (Å²) in [5.41, 5.74) is 3.43. The molecule has 0 fully saturated rings. The first-order valence-electron chi connectivity index (χ1n) is 9.24. The van der Waals surface area contributed by atoms with E-state index in [2.05, 4.69) is 66.0 Å². The van der Waals surface area contributed by atoms with Crippen LogP contribution in [0, 0.1) is 6.92 Å². The van der Waals surface area contributed by atoms with Gasteiger partial charge in [-0.15, -0.1) is 0 Å². The van der Waals surface area contributed by atoms with Crippen molar-refractivity contribution in [2.24, 2.45) is 0 Å². The molecule has 0 bridgehead atoms. The Kier molecular flexibility index (Phi) is 9.05. The Morgan fingerprint density at radius 1 is 0.828 bits per heavy atom. The molecule has 3 rings (SSSR count). The van der Waals surface area contributed by atoms with Gasteiger partial charge in [0.15, 0.2) is 0 Å². The van der Waals surface area contributed by atoms with Crippen LogP contribution in [0.5, 0.6) is 0 Å². The highest BCUT2D eigenvalue weighted by atomic mass is 32.2. The number of hydrogen-bond donors (Lipinski definition) is 1. The maximum atomic E-state index is 10.4. The number of aryl methyl sites for hydroxylation is 1. The summed E-state index contributed by atoms with van der Waals surface area (Å²) in [6, 6.07) is 26.5. The third kappa shape index (κ3) is 9.17. The third-order valence-electron chi connectivity index (χ3n) is 3.93. The van der Waals surface area contributed by atoms with Crippen molar-refractivity contribution in [1.29, 1.82) is 0 Å². The lowest BCUT2D eigenvalue weighted by atomic mass is 10.2. The van der Waals surface area contributed by atoms with Gasteiger partial charge < -0.3 is 9.87 Å². The molecule has 5 heteroatoms. The van der Waals surface area contributed by atoms with Crippen LogP contribution in [0.4, 0.5) is 5.69 Å². The van der Waals surface area contributed by atoms with Gasteiger partial charge in [0.1, 0.15) is 15.8 Å². The van der Waals surface area contributed by atoms with E-state index in [9.17, 15) is 13.0 Å². The van der Waals surface area contributed by atoms with Crippen LogP contribution in [-0.4, -0.2) is 19.5 Å². The lowest BCUT2D eigenvalue weighted by molar-refractivity contribution is -0.561. The fraction of sp³-hybridized carbons (Fsp3) is 0.0833. The van der Waals surface area contributed by atoms with E-state index in [1.165, 1.54) is 23.4 Å². The van der Waals surface area contributed by atoms with Crippen LogP contribution >= 0.6 is 0 Å². The average molecular weight is 408 g/mol. The van der Waals surface area contributed by atoms with Gasteiger partial charge in [0.2, 0.25) is 0 Å². The summed E-state index contributed by atoms with van der Waals surface area (Å²) >= 11 is 0. The van der Waals surface area contributed by atoms with Gasteiger partial charge in [0.25, 0.3) is 0 Å². The molecule has 0 heterocycles. The van der Waals surface area contributed by atoms with Crippen molar-refractivity contribution < 1.29 is 18.3 Å². The van der Waals surface area contributed by atoms with Crippen molar-refractivity contribution in [2.75, 3.05) is 6.54 Å². The number of quaternary nitrogens is 1. The molecule has 0 aliphatic heterocycles. The molecule has 0 aliphatic rings. The minimum atomic E-state index is -4.27. The van der Waals surface area contributed by atoms with Crippen molar-refractivity contribution in [1.82, 2.24) is 0 Å². The van der Waals surface area contributed by atoms with Gasteiger partial charge in [0.05, 0.1) is 11.4 Å². The zero-order chi connectivity index (χ0) is 21.0. The van der Waals surface area contributed by atoms with Crippen molar-refractivity contribution in [3.05, 3.63) is 114 Å². The summed E-state index contributed by atoms with van der Waals surface area (Å²) in [5, 5.41) is 2.22. The first-order chi connectivity index (χ1) is 13.9. The molecule has 0 saturated heterocycles. The van der Waals surface area contributed by atoms with Crippen LogP contribution in [0.25, 0.3) is 6.08 Å². The first-order valence-corrected chi connectivity index (χ1v) is 10.6. The normalized spacial score (nSPS) is 11.4. The summed E-state index contributed by atoms with van der Waals surface area (Å²) in [7, 11) is -4.27. The average Bonchev–Trinajstić information content (AvgIpc) is 2.72. The Balaban J connectivity index is 0.000000234. The number of nitrogens with two attached hydrogens (primary N) is 1. The van der Waals surface area contributed by atoms with E-state index < -0.39 is 10.1 Å². The molecule has 2 N–H and O–H groups in total. The van der Waals surface area contributed by atoms with Gasteiger partial charge in [-0.05, 0) is 42.8 Å². The molecule has 3 aromatic carbocycles. The Bertz CT molecular complexity index is 1010. The molecular weight excluding hydrogens is 382 g/mol. The Labute approximate surface area is 173 Å². The van der Waals surface area contributed by atoms with Gasteiger partial charge >= 0.3 is 0 Å². The van der Waals surface area contributed by atoms with Gasteiger partial charge in [-0.1, -0.05) is 84.5 Å². The summed E-state index contributed by atoms with van der Waals surface area (Å²) in [6.07, 6.45) is 8.44. The van der Waals surface area contributed by atoms with Crippen LogP contribution in [0.15, 0.2) is 108 Å². The Hall–Kier alpha value is -2.99. The van der Waals surface area contributed by atoms with Gasteiger partial charge in [-0.25, -0.2) is 8.42 Å². The highest BCUT2D eigenvalue weighted by Gasteiger charge is 1.97. The van der Waals surface area contributed by atoms with E-state index in [-0.39, 0.29) is 4.90 Å². The molecule has 29 heavy (non-hydrogen) atoms. The maximum Gasteiger partial charge on any atom is 0.129 e. The lowest BCUT2D eigenvalue weighted by Crippen LogP contribution is -2.77. The number of hydrogen-bond acceptors (Lipinski definition) is 3. The number of para-hydroxylation sites is 1. The van der Waals surface area contributed by atoms with E-state index >= 15 is 0 Å². The third-order valence-corrected chi connectivity index (χ3v) is 4.78. The maximum absolute atomic E-state index is 10.4. The highest BCUT2D eigenvalue weighted by molar-refractivity contribution is 7.85. The fourth-order valence-corrected chi connectivity index (χ4v) is 2.86. The number of rotatable bonds is 6. The molecule has 4 nitrogen and oxygen atoms in total. The second kappa shape index (κ2) is 11.8. The molecule has 0 radical (unpaired) electrons. The van der Waals surface area contributed by atoms with Crippen LogP contribution in [0.2, 0.25) is 0 Å². The minimum absolute atomic E-state index is 0.178. The topological polar surface area (TPSA) is 73.8 Å². The van der Waals surface area contributed by atoms with E-state index in [4.69, 9.17) is 0 Å². The summed E-state index contributed by atoms with van der Waals surface area (Å²) < 4.78 is 31.2. The minimum Gasteiger partial charge on any atom is -0.744 e. The second-order valence-electron chi connectivity index (χ2n) is 6.32. The SMILES string of the molecule is C(C=Cc1ccccc1)=CC[NH2+]c1ccccc1.Cc1ccc(S(=O)(=O)[O-])cc1. The number of benzene rings is 3. The summed E-state index contributed by atoms with van der Waals surface area (Å²) in [4.78, 5) is -0.178. The molecule has 0 unspecified atom stereocenters. The molecule has 0 saturated carbocycles. The standard InChI is InChI=1S/C17H17N.C7H8O3S/c1-4-10-16(11-5-1)12-6-3-9-15-18-17-13-7-2-8-14-17;1-6-2-4-7(5-3-6)11(8,9)10/h1-14,18H,15H2;2-5H,1H3,(H,8,9,10). The summed E-state index contributed by atoms with van der Waals surface area (Å²) in [5.74, 6) is 0. The molecule has 0 atom stereocenters. The van der Waals surface area contributed by atoms with Crippen molar-refractivity contribution in [2.45, 2.75) is 11.8 Å².